The number of methoxy groups -OCH3 is 1. The van der Waals surface area contributed by atoms with Crippen LogP contribution in [0.5, 0.6) is 0 Å². The minimum Gasteiger partial charge on any atom is -0.456 e. The van der Waals surface area contributed by atoms with E-state index < -0.39 is 42.7 Å². The van der Waals surface area contributed by atoms with Crippen LogP contribution in [0.25, 0.3) is 11.2 Å². The van der Waals surface area contributed by atoms with Crippen molar-refractivity contribution < 1.29 is 28.9 Å². The highest BCUT2D eigenvalue weighted by Crippen LogP contribution is 2.35. The number of esters is 1. The number of rotatable bonds is 7. The predicted molar refractivity (Wildman–Crippen MR) is 104 cm³/mol. The number of fused-ring (bicyclic) bond motifs is 1. The Morgan fingerprint density at radius 3 is 2.73 bits per heavy atom. The largest absolute Gasteiger partial charge is 0.456 e. The van der Waals surface area contributed by atoms with Crippen molar-refractivity contribution in [2.75, 3.05) is 19.0 Å². The number of aromatic nitrogens is 4. The van der Waals surface area contributed by atoms with Crippen molar-refractivity contribution in [2.24, 2.45) is 5.92 Å². The number of aliphatic hydroxyl groups is 1. The lowest BCUT2D eigenvalue weighted by Gasteiger charge is -2.23. The maximum Gasteiger partial charge on any atom is 0.308 e. The van der Waals surface area contributed by atoms with Gasteiger partial charge >= 0.3 is 5.97 Å². The molecule has 3 N–H and O–H groups in total. The van der Waals surface area contributed by atoms with E-state index in [2.05, 4.69) is 20.3 Å². The summed E-state index contributed by atoms with van der Waals surface area (Å²) >= 11 is 0. The number of imidazole rings is 1. The zero-order chi connectivity index (χ0) is 22.0. The molecule has 164 valence electrons. The monoisotopic (exact) mass is 423 g/mol. The molecule has 12 nitrogen and oxygen atoms in total. The van der Waals surface area contributed by atoms with Crippen molar-refractivity contribution in [1.82, 2.24) is 19.5 Å². The van der Waals surface area contributed by atoms with Crippen LogP contribution in [-0.2, 0) is 23.8 Å². The molecule has 2 aromatic rings. The molecule has 0 saturated carbocycles. The maximum absolute atomic E-state index is 12.3. The van der Waals surface area contributed by atoms with E-state index in [-0.39, 0.29) is 35.4 Å². The summed E-state index contributed by atoms with van der Waals surface area (Å²) in [6.07, 6.45) is -1.85. The molecule has 0 aromatic carbocycles. The first-order chi connectivity index (χ1) is 14.3. The molecule has 0 radical (unpaired) electrons. The first-order valence-corrected chi connectivity index (χ1v) is 9.57. The fraction of sp³-hybridized carbons (Fsp3) is 0.611. The van der Waals surface area contributed by atoms with Gasteiger partial charge in [-0.25, -0.2) is 4.98 Å². The van der Waals surface area contributed by atoms with Crippen LogP contribution in [0.3, 0.4) is 0 Å². The lowest BCUT2D eigenvalue weighted by atomic mass is 10.1. The van der Waals surface area contributed by atoms with Crippen molar-refractivity contribution >= 4 is 29.0 Å². The van der Waals surface area contributed by atoms with Crippen LogP contribution in [0, 0.1) is 5.92 Å². The summed E-state index contributed by atoms with van der Waals surface area (Å²) in [5, 5.41) is 12.2. The first kappa shape index (κ1) is 21.9. The van der Waals surface area contributed by atoms with Gasteiger partial charge in [-0.1, -0.05) is 20.8 Å². The second kappa shape index (κ2) is 8.90. The lowest BCUT2D eigenvalue weighted by molar-refractivity contribution is -0.161. The fourth-order valence-corrected chi connectivity index (χ4v) is 3.13. The van der Waals surface area contributed by atoms with Gasteiger partial charge in [-0.15, -0.1) is 0 Å². The third-order valence-electron chi connectivity index (χ3n) is 4.75. The Kier molecular flexibility index (Phi) is 6.48. The third kappa shape index (κ3) is 4.06. The van der Waals surface area contributed by atoms with Crippen molar-refractivity contribution in [1.29, 1.82) is 0 Å². The molecule has 1 aliphatic heterocycles. The van der Waals surface area contributed by atoms with Gasteiger partial charge in [0.05, 0.1) is 18.9 Å². The number of nitrogens with one attached hydrogen (secondary N) is 2. The van der Waals surface area contributed by atoms with Gasteiger partial charge in [-0.05, 0) is 0 Å². The van der Waals surface area contributed by atoms with Crippen LogP contribution in [0.15, 0.2) is 11.1 Å². The van der Waals surface area contributed by atoms with Crippen LogP contribution < -0.4 is 10.9 Å². The Morgan fingerprint density at radius 2 is 2.13 bits per heavy atom. The van der Waals surface area contributed by atoms with Gasteiger partial charge in [-0.2, -0.15) is 4.98 Å². The van der Waals surface area contributed by atoms with Gasteiger partial charge in [0.25, 0.3) is 5.56 Å². The number of aliphatic hydroxyl groups excluding tert-OH is 1. The van der Waals surface area contributed by atoms with E-state index in [1.165, 1.54) is 18.0 Å². The summed E-state index contributed by atoms with van der Waals surface area (Å²) in [6, 6.07) is 0. The third-order valence-corrected chi connectivity index (χ3v) is 4.75. The molecular weight excluding hydrogens is 398 g/mol. The predicted octanol–water partition coefficient (Wildman–Crippen LogP) is -0.0594. The SMILES string of the molecule is CCC(=O)Nc1nc2c(ncn2[C@@H]2O[C@H](CO)[C@H](OC(=O)C(C)C)[C@@H]2OC)c(=O)[nH]1. The molecule has 3 heterocycles. The van der Waals surface area contributed by atoms with Crippen molar-refractivity contribution in [3.63, 3.8) is 0 Å². The first-order valence-electron chi connectivity index (χ1n) is 9.57. The molecule has 1 amide bonds. The van der Waals surface area contributed by atoms with E-state index in [0.717, 1.165) is 0 Å². The van der Waals surface area contributed by atoms with Crippen molar-refractivity contribution in [3.05, 3.63) is 16.7 Å². The van der Waals surface area contributed by atoms with Crippen molar-refractivity contribution in [3.8, 4) is 0 Å². The number of H-pyrrole nitrogens is 1. The van der Waals surface area contributed by atoms with Crippen LogP contribution in [0.4, 0.5) is 5.95 Å². The number of aromatic amines is 1. The van der Waals surface area contributed by atoms with Gasteiger partial charge in [0.15, 0.2) is 23.5 Å². The molecule has 0 spiro atoms. The fourth-order valence-electron chi connectivity index (χ4n) is 3.13. The highest BCUT2D eigenvalue weighted by molar-refractivity contribution is 5.89. The Labute approximate surface area is 171 Å². The molecular formula is C18H25N5O7. The standard InChI is InChI=1S/C18H25N5O7/c1-5-10(25)20-18-21-14-11(15(26)22-18)19-7-23(14)16-13(28-4)12(9(6-24)29-16)30-17(27)8(2)3/h7-9,12-13,16,24H,5-6H2,1-4H3,(H2,20,21,22,25,26)/t9-,12+,13+,16-/m1/s1. The summed E-state index contributed by atoms with van der Waals surface area (Å²) in [5.41, 5.74) is -0.366. The summed E-state index contributed by atoms with van der Waals surface area (Å²) in [5.74, 6) is -1.19. The van der Waals surface area contributed by atoms with Crippen LogP contribution in [0.2, 0.25) is 0 Å². The smallest absolute Gasteiger partial charge is 0.308 e. The van der Waals surface area contributed by atoms with Crippen molar-refractivity contribution in [2.45, 2.75) is 51.7 Å². The zero-order valence-electron chi connectivity index (χ0n) is 17.1. The molecule has 2 aromatic heterocycles. The number of nitrogens with zero attached hydrogens (tertiary/aromatic N) is 3. The number of anilines is 1. The van der Waals surface area contributed by atoms with Crippen LogP contribution in [-0.4, -0.2) is 68.5 Å². The number of ether oxygens (including phenoxy) is 3. The molecule has 4 atom stereocenters. The second-order valence-corrected chi connectivity index (χ2v) is 7.14. The number of carbonyl (C=O) groups excluding carboxylic acids is 2. The van der Waals surface area contributed by atoms with Gasteiger partial charge in [0.1, 0.15) is 12.2 Å². The maximum atomic E-state index is 12.3. The summed E-state index contributed by atoms with van der Waals surface area (Å²) in [6.45, 7) is 4.64. The van der Waals surface area contributed by atoms with E-state index in [0.29, 0.717) is 0 Å². The van der Waals surface area contributed by atoms with Gasteiger partial charge in [0.2, 0.25) is 11.9 Å². The Balaban J connectivity index is 2.00. The molecule has 1 aliphatic rings. The molecule has 12 heteroatoms. The minimum absolute atomic E-state index is 0.0328. The molecule has 1 saturated heterocycles. The highest BCUT2D eigenvalue weighted by atomic mass is 16.6. The summed E-state index contributed by atoms with van der Waals surface area (Å²) in [7, 11) is 1.42. The van der Waals surface area contributed by atoms with Crippen LogP contribution in [0.1, 0.15) is 33.4 Å². The van der Waals surface area contributed by atoms with Gasteiger partial charge in [-0.3, -0.25) is 29.3 Å². The van der Waals surface area contributed by atoms with E-state index in [1.54, 1.807) is 20.8 Å². The van der Waals surface area contributed by atoms with E-state index in [9.17, 15) is 19.5 Å². The summed E-state index contributed by atoms with van der Waals surface area (Å²) in [4.78, 5) is 46.9. The number of hydrogen-bond acceptors (Lipinski definition) is 9. The molecule has 1 fully saturated rings. The average Bonchev–Trinajstić information content (AvgIpc) is 3.28. The highest BCUT2D eigenvalue weighted by Gasteiger charge is 2.49. The topological polar surface area (TPSA) is 158 Å². The summed E-state index contributed by atoms with van der Waals surface area (Å²) < 4.78 is 18.3. The van der Waals surface area contributed by atoms with E-state index >= 15 is 0 Å². The number of carbonyl (C=O) groups is 2. The Hall–Kier alpha value is -2.83. The van der Waals surface area contributed by atoms with Crippen LogP contribution >= 0.6 is 0 Å². The van der Waals surface area contributed by atoms with E-state index in [4.69, 9.17) is 14.2 Å². The van der Waals surface area contributed by atoms with Gasteiger partial charge < -0.3 is 19.3 Å². The molecule has 0 aliphatic carbocycles. The van der Waals surface area contributed by atoms with E-state index in [1.807, 2.05) is 0 Å². The Bertz CT molecular complexity index is 985. The number of amides is 1. The lowest BCUT2D eigenvalue weighted by Crippen LogP contribution is -2.39. The molecule has 30 heavy (non-hydrogen) atoms. The normalized spacial score (nSPS) is 23.8. The second-order valence-electron chi connectivity index (χ2n) is 7.14. The zero-order valence-corrected chi connectivity index (χ0v) is 17.1. The molecule has 0 bridgehead atoms. The number of hydrogen-bond donors (Lipinski definition) is 3. The van der Waals surface area contributed by atoms with Gasteiger partial charge in [0, 0.05) is 13.5 Å². The minimum atomic E-state index is -0.883. The average molecular weight is 423 g/mol. The quantitative estimate of drug-likeness (QED) is 0.519. The Morgan fingerprint density at radius 1 is 1.40 bits per heavy atom. The molecule has 0 unspecified atom stereocenters. The molecule has 3 rings (SSSR count).